The van der Waals surface area contributed by atoms with Gasteiger partial charge >= 0.3 is 24.4 Å². The molecular formula is C32H35F6N5O6. The lowest BCUT2D eigenvalue weighted by atomic mass is 9.83. The fourth-order valence-electron chi connectivity index (χ4n) is 5.17. The zero-order chi connectivity index (χ0) is 36.7. The van der Waals surface area contributed by atoms with Crippen LogP contribution < -0.4 is 15.4 Å². The van der Waals surface area contributed by atoms with Crippen molar-refractivity contribution in [2.45, 2.75) is 64.0 Å². The smallest absolute Gasteiger partial charge is 0.416 e. The van der Waals surface area contributed by atoms with Crippen LogP contribution in [-0.2, 0) is 28.3 Å². The third-order valence-electron chi connectivity index (χ3n) is 7.53. The predicted molar refractivity (Wildman–Crippen MR) is 165 cm³/mol. The summed E-state index contributed by atoms with van der Waals surface area (Å²) in [5.74, 6) is -2.18. The average molecular weight is 700 g/mol. The fourth-order valence-corrected chi connectivity index (χ4v) is 5.17. The van der Waals surface area contributed by atoms with Crippen molar-refractivity contribution < 1.29 is 55.6 Å². The van der Waals surface area contributed by atoms with Gasteiger partial charge in [-0.05, 0) is 62.6 Å². The van der Waals surface area contributed by atoms with Crippen LogP contribution in [0.15, 0.2) is 42.6 Å². The summed E-state index contributed by atoms with van der Waals surface area (Å²) in [7, 11) is 1.34. The van der Waals surface area contributed by atoms with Crippen molar-refractivity contribution in [3.63, 3.8) is 0 Å². The van der Waals surface area contributed by atoms with Crippen molar-refractivity contribution in [1.82, 2.24) is 15.0 Å². The number of alkyl halides is 6. The lowest BCUT2D eigenvalue weighted by molar-refractivity contribution is -0.143. The highest BCUT2D eigenvalue weighted by Crippen LogP contribution is 2.45. The van der Waals surface area contributed by atoms with Gasteiger partial charge in [-0.2, -0.15) is 26.3 Å². The monoisotopic (exact) mass is 699 g/mol. The number of nitrogens with zero attached hydrogens (tertiary/aromatic N) is 4. The van der Waals surface area contributed by atoms with Crippen molar-refractivity contribution in [1.29, 1.82) is 0 Å². The van der Waals surface area contributed by atoms with E-state index in [1.807, 2.05) is 13.8 Å². The summed E-state index contributed by atoms with van der Waals surface area (Å²) in [6.45, 7) is 7.33. The Morgan fingerprint density at radius 2 is 1.63 bits per heavy atom. The van der Waals surface area contributed by atoms with Gasteiger partial charge in [0.25, 0.3) is 0 Å². The second-order valence-corrected chi connectivity index (χ2v) is 10.8. The molecular weight excluding hydrogens is 664 g/mol. The fraction of sp³-hybridized carbons (Fsp3) is 0.406. The highest BCUT2D eigenvalue weighted by Gasteiger charge is 2.46. The van der Waals surface area contributed by atoms with E-state index in [-0.39, 0.29) is 53.3 Å². The Balaban J connectivity index is 0.00000121. The van der Waals surface area contributed by atoms with Gasteiger partial charge in [-0.15, -0.1) is 0 Å². The quantitative estimate of drug-likeness (QED) is 0.161. The third-order valence-corrected chi connectivity index (χ3v) is 7.53. The van der Waals surface area contributed by atoms with Crippen molar-refractivity contribution >= 4 is 23.8 Å². The number of hydrogen-bond acceptors (Lipinski definition) is 8. The van der Waals surface area contributed by atoms with Gasteiger partial charge in [0.1, 0.15) is 11.5 Å². The van der Waals surface area contributed by atoms with Gasteiger partial charge in [0.15, 0.2) is 0 Å². The maximum Gasteiger partial charge on any atom is 0.416 e. The van der Waals surface area contributed by atoms with Crippen LogP contribution in [0.5, 0.6) is 5.88 Å². The number of anilines is 1. The molecule has 11 nitrogen and oxygen atoms in total. The highest BCUT2D eigenvalue weighted by atomic mass is 19.4. The molecule has 2 atom stereocenters. The van der Waals surface area contributed by atoms with E-state index in [0.29, 0.717) is 18.2 Å². The molecule has 4 rings (SSSR count). The Hall–Kier alpha value is -4.77. The normalized spacial score (nSPS) is 17.7. The molecule has 2 aromatic heterocycles. The molecule has 0 spiro atoms. The molecule has 3 aromatic rings. The number of amides is 1. The zero-order valence-electron chi connectivity index (χ0n) is 26.9. The van der Waals surface area contributed by atoms with Crippen LogP contribution in [0, 0.1) is 0 Å². The van der Waals surface area contributed by atoms with Crippen molar-refractivity contribution in [3.05, 3.63) is 82.1 Å². The number of fused-ring (bicyclic) bond motifs is 1. The number of ether oxygens (including phenoxy) is 2. The van der Waals surface area contributed by atoms with Crippen LogP contribution in [0.4, 0.5) is 36.8 Å². The lowest BCUT2D eigenvalue weighted by Crippen LogP contribution is -2.61. The van der Waals surface area contributed by atoms with E-state index in [1.165, 1.54) is 25.4 Å². The number of carboxylic acids is 1. The zero-order valence-corrected chi connectivity index (χ0v) is 26.9. The third kappa shape index (κ3) is 9.44. The molecule has 0 unspecified atom stereocenters. The Bertz CT molecular complexity index is 1650. The van der Waals surface area contributed by atoms with E-state index in [0.717, 1.165) is 24.2 Å². The molecule has 0 saturated heterocycles. The largest absolute Gasteiger partial charge is 0.481 e. The Kier molecular flexibility index (Phi) is 12.3. The molecule has 1 aliphatic rings. The molecule has 266 valence electrons. The van der Waals surface area contributed by atoms with Crippen molar-refractivity contribution in [2.24, 2.45) is 5.73 Å². The topological polar surface area (TPSA) is 161 Å². The van der Waals surface area contributed by atoms with E-state index >= 15 is 0 Å². The first kappa shape index (κ1) is 38.7. The summed E-state index contributed by atoms with van der Waals surface area (Å²) < 4.78 is 91.2. The van der Waals surface area contributed by atoms with E-state index in [9.17, 15) is 41.0 Å². The second kappa shape index (κ2) is 15.6. The van der Waals surface area contributed by atoms with Gasteiger partial charge in [0.05, 0.1) is 41.2 Å². The van der Waals surface area contributed by atoms with Crippen LogP contribution in [-0.4, -0.2) is 63.2 Å². The number of hydrogen-bond donors (Lipinski definition) is 3. The Morgan fingerprint density at radius 1 is 1.02 bits per heavy atom. The molecule has 4 N–H and O–H groups in total. The summed E-state index contributed by atoms with van der Waals surface area (Å²) in [6.07, 6.45) is -9.13. The number of carbonyl (C=O) groups is 2. The number of aromatic nitrogens is 3. The molecule has 0 saturated carbocycles. The number of carboxylic acid groups (broad SMARTS) is 2. The van der Waals surface area contributed by atoms with Gasteiger partial charge in [-0.25, -0.2) is 24.5 Å². The Labute approximate surface area is 277 Å². The number of methoxy groups -OCH3 is 1. The first-order valence-electron chi connectivity index (χ1n) is 14.9. The van der Waals surface area contributed by atoms with Crippen molar-refractivity contribution in [2.75, 3.05) is 25.2 Å². The maximum atomic E-state index is 13.5. The lowest BCUT2D eigenvalue weighted by Gasteiger charge is -2.45. The van der Waals surface area contributed by atoms with Crippen LogP contribution in [0.25, 0.3) is 6.08 Å². The Morgan fingerprint density at radius 3 is 2.10 bits per heavy atom. The second-order valence-electron chi connectivity index (χ2n) is 10.8. The molecule has 17 heteroatoms. The summed E-state index contributed by atoms with van der Waals surface area (Å²) in [5, 5.41) is 19.1. The van der Waals surface area contributed by atoms with Crippen LogP contribution in [0.1, 0.15) is 79.0 Å². The van der Waals surface area contributed by atoms with Gasteiger partial charge in [-0.3, -0.25) is 4.90 Å². The number of aliphatic carboxylic acids is 1. The summed E-state index contributed by atoms with van der Waals surface area (Å²) in [6, 6.07) is 3.96. The minimum atomic E-state index is -5.09. The minimum absolute atomic E-state index is 0.00203. The number of rotatable bonds is 9. The molecule has 1 aromatic carbocycles. The van der Waals surface area contributed by atoms with Crippen molar-refractivity contribution in [3.8, 4) is 5.88 Å². The predicted octanol–water partition coefficient (Wildman–Crippen LogP) is 6.73. The minimum Gasteiger partial charge on any atom is -0.481 e. The molecule has 0 radical (unpaired) electrons. The summed E-state index contributed by atoms with van der Waals surface area (Å²) in [4.78, 5) is 37.6. The average Bonchev–Trinajstić information content (AvgIpc) is 3.03. The van der Waals surface area contributed by atoms with Gasteiger partial charge in [0.2, 0.25) is 5.88 Å². The molecule has 0 aliphatic carbocycles. The first-order valence-corrected chi connectivity index (χ1v) is 14.9. The van der Waals surface area contributed by atoms with Crippen LogP contribution in [0.2, 0.25) is 0 Å². The summed E-state index contributed by atoms with van der Waals surface area (Å²) >= 11 is 0. The number of pyridine rings is 1. The highest BCUT2D eigenvalue weighted by molar-refractivity contribution is 5.89. The standard InChI is InChI=1S/C28H25F6N5O5.C4H10O/c1-3-26(35)12-18(23-20(39(26)25(42)43)5-6-21(38-23)44-2)24-36-13-15(4-7-22(40)41)19(37-24)10-14-8-16(27(29,30)31)11-17(9-14)28(32,33)34;1-3-5-4-2/h4-9,11,13,18H,3,10,12,35H2,1-2H3,(H,40,41)(H,42,43);3-4H2,1-2H3/t18-,26+;/m0./s1. The molecule has 1 aliphatic heterocycles. The van der Waals surface area contributed by atoms with Crippen LogP contribution >= 0.6 is 0 Å². The molecule has 0 bridgehead atoms. The number of benzene rings is 1. The summed E-state index contributed by atoms with van der Waals surface area (Å²) in [5.41, 5.74) is 1.79. The molecule has 0 fully saturated rings. The van der Waals surface area contributed by atoms with Gasteiger partial charge in [-0.1, -0.05) is 6.92 Å². The molecule has 49 heavy (non-hydrogen) atoms. The van der Waals surface area contributed by atoms with Crippen LogP contribution in [0.3, 0.4) is 0 Å². The molecule has 1 amide bonds. The van der Waals surface area contributed by atoms with E-state index in [4.69, 9.17) is 20.3 Å². The van der Waals surface area contributed by atoms with E-state index in [2.05, 4.69) is 15.0 Å². The van der Waals surface area contributed by atoms with E-state index < -0.39 is 59.1 Å². The van der Waals surface area contributed by atoms with Gasteiger partial charge in [0, 0.05) is 43.5 Å². The SMILES string of the molecule is CCOCC.CC[C@]1(N)C[C@H](c2ncc(C=CC(=O)O)c(Cc3cc(C(F)(F)F)cc(C(F)(F)F)c3)n2)c2nc(OC)ccc2N1C(=O)O. The molecule has 3 heterocycles. The number of nitrogens with two attached hydrogens (primary N) is 1. The maximum absolute atomic E-state index is 13.5. The first-order chi connectivity index (χ1) is 22.9. The van der Waals surface area contributed by atoms with E-state index in [1.54, 1.807) is 6.92 Å². The van der Waals surface area contributed by atoms with Gasteiger partial charge < -0.3 is 25.4 Å². The number of halogens is 6.